The summed E-state index contributed by atoms with van der Waals surface area (Å²) in [6, 6.07) is 8.73. The minimum atomic E-state index is -3.47. The molecule has 0 amide bonds. The highest BCUT2D eigenvalue weighted by molar-refractivity contribution is 7.89. The van der Waals surface area contributed by atoms with E-state index in [0.717, 1.165) is 55.4 Å². The maximum atomic E-state index is 13.1. The number of aromatic nitrogens is 2. The van der Waals surface area contributed by atoms with Crippen molar-refractivity contribution in [3.8, 4) is 0 Å². The molecule has 4 heterocycles. The lowest BCUT2D eigenvalue weighted by molar-refractivity contribution is 0.272. The number of sulfonamides is 1. The number of likely N-dealkylation sites (N-methyl/N-ethyl adjacent to an activating group) is 1. The Bertz CT molecular complexity index is 1230. The van der Waals surface area contributed by atoms with Crippen molar-refractivity contribution in [2.75, 3.05) is 44.2 Å². The summed E-state index contributed by atoms with van der Waals surface area (Å²) in [4.78, 5) is 17.6. The Morgan fingerprint density at radius 1 is 1.00 bits per heavy atom. The molecule has 1 aromatic carbocycles. The monoisotopic (exact) mass is 485 g/mol. The van der Waals surface area contributed by atoms with E-state index >= 15 is 0 Å². The SMILES string of the molecule is CCCc1nc(N2CCN(S(=O)(=O)c3ccccc3)CC2)c2c3c(sc2n1)CN(CC)CC3. The molecule has 9 heteroatoms. The molecule has 0 saturated carbocycles. The molecule has 7 nitrogen and oxygen atoms in total. The molecule has 0 unspecified atom stereocenters. The molecular weight excluding hydrogens is 454 g/mol. The molecule has 2 aliphatic rings. The molecule has 1 saturated heterocycles. The molecule has 5 rings (SSSR count). The van der Waals surface area contributed by atoms with Crippen LogP contribution in [0.5, 0.6) is 0 Å². The van der Waals surface area contributed by atoms with Crippen molar-refractivity contribution in [3.63, 3.8) is 0 Å². The number of hydrogen-bond acceptors (Lipinski definition) is 7. The van der Waals surface area contributed by atoms with Crippen molar-refractivity contribution in [2.45, 2.75) is 44.6 Å². The average Bonchev–Trinajstić information content (AvgIpc) is 3.22. The van der Waals surface area contributed by atoms with E-state index < -0.39 is 10.0 Å². The van der Waals surface area contributed by atoms with Crippen LogP contribution < -0.4 is 4.90 Å². The summed E-state index contributed by atoms with van der Waals surface area (Å²) in [6.07, 6.45) is 2.88. The first-order valence-electron chi connectivity index (χ1n) is 11.8. The van der Waals surface area contributed by atoms with Gasteiger partial charge in [-0.25, -0.2) is 18.4 Å². The molecule has 2 aliphatic heterocycles. The highest BCUT2D eigenvalue weighted by Gasteiger charge is 2.31. The fraction of sp³-hybridized carbons (Fsp3) is 0.500. The molecule has 0 spiro atoms. The van der Waals surface area contributed by atoms with Gasteiger partial charge in [-0.15, -0.1) is 11.3 Å². The summed E-state index contributed by atoms with van der Waals surface area (Å²) in [5, 5.41) is 1.20. The number of thiophene rings is 1. The number of anilines is 1. The zero-order chi connectivity index (χ0) is 23.0. The summed E-state index contributed by atoms with van der Waals surface area (Å²) in [6.45, 7) is 9.66. The molecule has 176 valence electrons. The first-order valence-corrected chi connectivity index (χ1v) is 14.1. The van der Waals surface area contributed by atoms with Gasteiger partial charge in [-0.05, 0) is 37.1 Å². The van der Waals surface area contributed by atoms with Crippen molar-refractivity contribution in [1.29, 1.82) is 0 Å². The van der Waals surface area contributed by atoms with Gasteiger partial charge in [-0.1, -0.05) is 32.0 Å². The Morgan fingerprint density at radius 2 is 1.76 bits per heavy atom. The molecule has 33 heavy (non-hydrogen) atoms. The zero-order valence-electron chi connectivity index (χ0n) is 19.3. The predicted octanol–water partition coefficient (Wildman–Crippen LogP) is 3.53. The van der Waals surface area contributed by atoms with Crippen LogP contribution in [0.25, 0.3) is 10.2 Å². The highest BCUT2D eigenvalue weighted by Crippen LogP contribution is 2.39. The van der Waals surface area contributed by atoms with E-state index in [9.17, 15) is 8.42 Å². The minimum Gasteiger partial charge on any atom is -0.353 e. The van der Waals surface area contributed by atoms with Gasteiger partial charge in [0.05, 0.1) is 10.3 Å². The van der Waals surface area contributed by atoms with Gasteiger partial charge in [0.25, 0.3) is 0 Å². The summed E-state index contributed by atoms with van der Waals surface area (Å²) >= 11 is 1.81. The lowest BCUT2D eigenvalue weighted by Crippen LogP contribution is -2.49. The van der Waals surface area contributed by atoms with E-state index in [2.05, 4.69) is 23.6 Å². The summed E-state index contributed by atoms with van der Waals surface area (Å²) in [5.74, 6) is 1.90. The van der Waals surface area contributed by atoms with E-state index in [1.807, 2.05) is 17.4 Å². The maximum absolute atomic E-state index is 13.1. The van der Waals surface area contributed by atoms with Crippen LogP contribution in [0.3, 0.4) is 0 Å². The van der Waals surface area contributed by atoms with Crippen LogP contribution in [0, 0.1) is 0 Å². The Hall–Kier alpha value is -2.07. The normalized spacial score (nSPS) is 18.1. The highest BCUT2D eigenvalue weighted by atomic mass is 32.2. The lowest BCUT2D eigenvalue weighted by Gasteiger charge is -2.35. The maximum Gasteiger partial charge on any atom is 0.243 e. The quantitative estimate of drug-likeness (QED) is 0.532. The smallest absolute Gasteiger partial charge is 0.243 e. The van der Waals surface area contributed by atoms with Gasteiger partial charge in [0.15, 0.2) is 0 Å². The van der Waals surface area contributed by atoms with Crippen LogP contribution in [0.4, 0.5) is 5.82 Å². The molecular formula is C24H31N5O2S2. The minimum absolute atomic E-state index is 0.362. The van der Waals surface area contributed by atoms with Gasteiger partial charge in [-0.3, -0.25) is 4.90 Å². The van der Waals surface area contributed by atoms with Crippen LogP contribution in [-0.4, -0.2) is 66.9 Å². The van der Waals surface area contributed by atoms with E-state index in [0.29, 0.717) is 31.1 Å². The number of piperazine rings is 1. The van der Waals surface area contributed by atoms with Crippen LogP contribution >= 0.6 is 11.3 Å². The van der Waals surface area contributed by atoms with Gasteiger partial charge in [0.2, 0.25) is 10.0 Å². The van der Waals surface area contributed by atoms with E-state index in [-0.39, 0.29) is 0 Å². The predicted molar refractivity (Wildman–Crippen MR) is 133 cm³/mol. The van der Waals surface area contributed by atoms with Crippen molar-refractivity contribution >= 4 is 37.4 Å². The first-order chi connectivity index (χ1) is 16.0. The second kappa shape index (κ2) is 9.29. The fourth-order valence-corrected chi connectivity index (χ4v) is 7.51. The third-order valence-electron chi connectivity index (χ3n) is 6.65. The largest absolute Gasteiger partial charge is 0.353 e. The van der Waals surface area contributed by atoms with Crippen LogP contribution in [0.15, 0.2) is 35.2 Å². The lowest BCUT2D eigenvalue weighted by atomic mass is 10.0. The molecule has 0 aliphatic carbocycles. The van der Waals surface area contributed by atoms with E-state index in [1.54, 1.807) is 28.6 Å². The van der Waals surface area contributed by atoms with Gasteiger partial charge in [0.1, 0.15) is 16.5 Å². The van der Waals surface area contributed by atoms with Crippen molar-refractivity contribution in [1.82, 2.24) is 19.2 Å². The zero-order valence-corrected chi connectivity index (χ0v) is 21.0. The van der Waals surface area contributed by atoms with E-state index in [1.165, 1.54) is 15.8 Å². The topological polar surface area (TPSA) is 69.6 Å². The van der Waals surface area contributed by atoms with Gasteiger partial charge in [-0.2, -0.15) is 4.31 Å². The van der Waals surface area contributed by atoms with Crippen molar-refractivity contribution < 1.29 is 8.42 Å². The van der Waals surface area contributed by atoms with Crippen LogP contribution in [-0.2, 0) is 29.4 Å². The Morgan fingerprint density at radius 3 is 2.45 bits per heavy atom. The number of fused-ring (bicyclic) bond motifs is 3. The molecule has 3 aromatic rings. The van der Waals surface area contributed by atoms with Crippen LogP contribution in [0.2, 0.25) is 0 Å². The number of rotatable bonds is 6. The summed E-state index contributed by atoms with van der Waals surface area (Å²) in [7, 11) is -3.47. The third kappa shape index (κ3) is 4.27. The molecule has 2 aromatic heterocycles. The molecule has 0 bridgehead atoms. The summed E-state index contributed by atoms with van der Waals surface area (Å²) < 4.78 is 27.7. The van der Waals surface area contributed by atoms with E-state index in [4.69, 9.17) is 9.97 Å². The van der Waals surface area contributed by atoms with Gasteiger partial charge in [0, 0.05) is 50.6 Å². The number of nitrogens with zero attached hydrogens (tertiary/aromatic N) is 5. The number of aryl methyl sites for hydroxylation is 1. The van der Waals surface area contributed by atoms with Gasteiger partial charge < -0.3 is 4.90 Å². The van der Waals surface area contributed by atoms with Crippen molar-refractivity contribution in [2.24, 2.45) is 0 Å². The Labute approximate surface area is 200 Å². The second-order valence-corrected chi connectivity index (χ2v) is 11.7. The van der Waals surface area contributed by atoms with Crippen molar-refractivity contribution in [3.05, 3.63) is 46.6 Å². The third-order valence-corrected chi connectivity index (χ3v) is 9.67. The average molecular weight is 486 g/mol. The molecule has 1 fully saturated rings. The molecule has 0 atom stereocenters. The standard InChI is InChI=1S/C24H31N5O2S2/c1-3-8-21-25-23(22-19-11-12-27(4-2)17-20(19)32-24(22)26-21)28-13-15-29(16-14-28)33(30,31)18-9-6-5-7-10-18/h5-7,9-10H,3-4,8,11-17H2,1-2H3. The Kier molecular flexibility index (Phi) is 6.39. The number of hydrogen-bond donors (Lipinski definition) is 0. The fourth-order valence-electron chi connectivity index (χ4n) is 4.79. The molecule has 0 radical (unpaired) electrons. The Balaban J connectivity index is 1.46. The van der Waals surface area contributed by atoms with Gasteiger partial charge >= 0.3 is 0 Å². The number of benzene rings is 1. The summed E-state index contributed by atoms with van der Waals surface area (Å²) in [5.41, 5.74) is 1.40. The van der Waals surface area contributed by atoms with Crippen LogP contribution in [0.1, 0.15) is 36.5 Å². The first kappa shape index (κ1) is 22.7. The molecule has 0 N–H and O–H groups in total. The second-order valence-electron chi connectivity index (χ2n) is 8.72.